The van der Waals surface area contributed by atoms with E-state index in [0.717, 1.165) is 19.6 Å². The number of benzene rings is 1. The third kappa shape index (κ3) is 4.61. The van der Waals surface area contributed by atoms with Crippen molar-refractivity contribution in [1.29, 1.82) is 0 Å². The number of rotatable bonds is 7. The molecule has 1 atom stereocenters. The Morgan fingerprint density at radius 3 is 2.71 bits per heavy atom. The number of carboxylic acids is 1. The summed E-state index contributed by atoms with van der Waals surface area (Å²) in [6.45, 7) is 3.74. The molecular weight excluding hydrogens is 308 g/mol. The van der Waals surface area contributed by atoms with Crippen LogP contribution in [0.15, 0.2) is 12.1 Å². The van der Waals surface area contributed by atoms with Crippen molar-refractivity contribution in [2.45, 2.75) is 19.4 Å². The first-order valence-electron chi connectivity index (χ1n) is 8.29. The molecule has 1 fully saturated rings. The van der Waals surface area contributed by atoms with Crippen LogP contribution in [0.3, 0.4) is 0 Å². The first kappa shape index (κ1) is 18.5. The van der Waals surface area contributed by atoms with Crippen LogP contribution in [0.1, 0.15) is 28.8 Å². The molecule has 0 aromatic heterocycles. The predicted molar refractivity (Wildman–Crippen MR) is 93.1 cm³/mol. The first-order chi connectivity index (χ1) is 11.4. The highest BCUT2D eigenvalue weighted by Gasteiger charge is 2.22. The number of carbonyl (C=O) groups is 1. The Kier molecular flexibility index (Phi) is 6.45. The van der Waals surface area contributed by atoms with Crippen molar-refractivity contribution in [2.24, 2.45) is 5.92 Å². The summed E-state index contributed by atoms with van der Waals surface area (Å²) in [5.74, 6) is 0.697. The molecule has 1 aliphatic heterocycles. The Labute approximate surface area is 144 Å². The molecule has 6 heteroatoms. The van der Waals surface area contributed by atoms with Gasteiger partial charge in [0.15, 0.2) is 0 Å². The molecule has 1 aromatic rings. The van der Waals surface area contributed by atoms with Gasteiger partial charge in [-0.05, 0) is 45.5 Å². The number of carboxylic acid groups (broad SMARTS) is 1. The zero-order valence-corrected chi connectivity index (χ0v) is 15.0. The van der Waals surface area contributed by atoms with Crippen LogP contribution < -0.4 is 9.47 Å². The fourth-order valence-electron chi connectivity index (χ4n) is 3.47. The molecule has 0 bridgehead atoms. The van der Waals surface area contributed by atoms with Gasteiger partial charge in [0.25, 0.3) is 0 Å². The van der Waals surface area contributed by atoms with Crippen molar-refractivity contribution in [3.05, 3.63) is 23.3 Å². The van der Waals surface area contributed by atoms with Gasteiger partial charge in [-0.1, -0.05) is 0 Å². The third-order valence-corrected chi connectivity index (χ3v) is 4.59. The molecule has 0 saturated carbocycles. The molecule has 1 heterocycles. The maximum absolute atomic E-state index is 11.6. The molecule has 0 spiro atoms. The van der Waals surface area contributed by atoms with Crippen molar-refractivity contribution in [3.63, 3.8) is 0 Å². The highest BCUT2D eigenvalue weighted by atomic mass is 16.5. The number of piperidine rings is 1. The Hall–Kier alpha value is -1.79. The van der Waals surface area contributed by atoms with Crippen LogP contribution in [0.5, 0.6) is 11.5 Å². The molecule has 1 aliphatic rings. The van der Waals surface area contributed by atoms with E-state index in [4.69, 9.17) is 9.47 Å². The fourth-order valence-corrected chi connectivity index (χ4v) is 3.47. The first-order valence-corrected chi connectivity index (χ1v) is 8.29. The monoisotopic (exact) mass is 336 g/mol. The van der Waals surface area contributed by atoms with Crippen LogP contribution in [0, 0.1) is 5.92 Å². The molecule has 1 N–H and O–H groups in total. The van der Waals surface area contributed by atoms with Gasteiger partial charge in [-0.15, -0.1) is 0 Å². The number of hydrogen-bond donors (Lipinski definition) is 1. The predicted octanol–water partition coefficient (Wildman–Crippen LogP) is 2.18. The number of aromatic carboxylic acids is 1. The van der Waals surface area contributed by atoms with E-state index in [1.54, 1.807) is 19.2 Å². The smallest absolute Gasteiger partial charge is 0.336 e. The SMILES string of the molecule is COc1cc(OC)c(CN(C)CC2CCCN(C)C2)c(C(=O)O)c1. The van der Waals surface area contributed by atoms with Gasteiger partial charge in [0.1, 0.15) is 11.5 Å². The van der Waals surface area contributed by atoms with Gasteiger partial charge in [0.05, 0.1) is 19.8 Å². The molecule has 1 unspecified atom stereocenters. The van der Waals surface area contributed by atoms with E-state index in [1.165, 1.54) is 20.0 Å². The van der Waals surface area contributed by atoms with Crippen molar-refractivity contribution >= 4 is 5.97 Å². The van der Waals surface area contributed by atoms with Gasteiger partial charge in [-0.25, -0.2) is 4.79 Å². The minimum absolute atomic E-state index is 0.235. The van der Waals surface area contributed by atoms with Gasteiger partial charge in [-0.2, -0.15) is 0 Å². The van der Waals surface area contributed by atoms with Gasteiger partial charge in [0.2, 0.25) is 0 Å². The third-order valence-electron chi connectivity index (χ3n) is 4.59. The second-order valence-corrected chi connectivity index (χ2v) is 6.63. The van der Waals surface area contributed by atoms with Crippen LogP contribution in [0.4, 0.5) is 0 Å². The summed E-state index contributed by atoms with van der Waals surface area (Å²) in [7, 11) is 7.26. The summed E-state index contributed by atoms with van der Waals surface area (Å²) in [4.78, 5) is 16.2. The largest absolute Gasteiger partial charge is 0.497 e. The van der Waals surface area contributed by atoms with Gasteiger partial charge in [0, 0.05) is 31.3 Å². The maximum Gasteiger partial charge on any atom is 0.336 e. The maximum atomic E-state index is 11.6. The summed E-state index contributed by atoms with van der Waals surface area (Å²) in [6, 6.07) is 3.30. The molecule has 24 heavy (non-hydrogen) atoms. The molecule has 0 amide bonds. The Balaban J connectivity index is 2.16. The molecule has 2 rings (SSSR count). The molecule has 6 nitrogen and oxygen atoms in total. The van der Waals surface area contributed by atoms with Crippen LogP contribution in [0.2, 0.25) is 0 Å². The van der Waals surface area contributed by atoms with Crippen molar-refractivity contribution < 1.29 is 19.4 Å². The minimum Gasteiger partial charge on any atom is -0.497 e. The zero-order chi connectivity index (χ0) is 17.7. The van der Waals surface area contributed by atoms with Gasteiger partial charge in [-0.3, -0.25) is 0 Å². The number of hydrogen-bond acceptors (Lipinski definition) is 5. The Morgan fingerprint density at radius 1 is 1.38 bits per heavy atom. The van der Waals surface area contributed by atoms with Crippen molar-refractivity contribution in [1.82, 2.24) is 9.80 Å². The summed E-state index contributed by atoms with van der Waals surface area (Å²) in [5, 5.41) is 9.54. The number of ether oxygens (including phenoxy) is 2. The quantitative estimate of drug-likeness (QED) is 0.823. The number of likely N-dealkylation sites (tertiary alicyclic amines) is 1. The highest BCUT2D eigenvalue weighted by Crippen LogP contribution is 2.30. The molecule has 0 aliphatic carbocycles. The van der Waals surface area contributed by atoms with E-state index in [9.17, 15) is 9.90 Å². The minimum atomic E-state index is -0.965. The van der Waals surface area contributed by atoms with Crippen molar-refractivity contribution in [2.75, 3.05) is 47.9 Å². The lowest BCUT2D eigenvalue weighted by atomic mass is 9.97. The van der Waals surface area contributed by atoms with E-state index in [0.29, 0.717) is 29.5 Å². The molecule has 0 radical (unpaired) electrons. The highest BCUT2D eigenvalue weighted by molar-refractivity contribution is 5.91. The average Bonchev–Trinajstić information content (AvgIpc) is 2.54. The summed E-state index contributed by atoms with van der Waals surface area (Å²) in [6.07, 6.45) is 2.45. The van der Waals surface area contributed by atoms with Gasteiger partial charge >= 0.3 is 5.97 Å². The van der Waals surface area contributed by atoms with E-state index in [-0.39, 0.29) is 5.56 Å². The zero-order valence-electron chi connectivity index (χ0n) is 15.0. The topological polar surface area (TPSA) is 62.2 Å². The van der Waals surface area contributed by atoms with Crippen LogP contribution in [-0.2, 0) is 6.54 Å². The van der Waals surface area contributed by atoms with E-state index in [1.807, 2.05) is 7.05 Å². The number of methoxy groups -OCH3 is 2. The molecule has 1 saturated heterocycles. The Morgan fingerprint density at radius 2 is 2.12 bits per heavy atom. The lowest BCUT2D eigenvalue weighted by Crippen LogP contribution is -2.38. The summed E-state index contributed by atoms with van der Waals surface area (Å²) < 4.78 is 10.6. The number of nitrogens with zero attached hydrogens (tertiary/aromatic N) is 2. The van der Waals surface area contributed by atoms with Crippen LogP contribution in [-0.4, -0.2) is 68.8 Å². The average molecular weight is 336 g/mol. The second kappa shape index (κ2) is 8.35. The molecule has 134 valence electrons. The molecule has 1 aromatic carbocycles. The molecular formula is C18H28N2O4. The van der Waals surface area contributed by atoms with Crippen LogP contribution >= 0.6 is 0 Å². The van der Waals surface area contributed by atoms with E-state index >= 15 is 0 Å². The lowest BCUT2D eigenvalue weighted by molar-refractivity contribution is 0.0693. The normalized spacial score (nSPS) is 18.6. The second-order valence-electron chi connectivity index (χ2n) is 6.63. The lowest BCUT2D eigenvalue weighted by Gasteiger charge is -2.32. The van der Waals surface area contributed by atoms with E-state index in [2.05, 4.69) is 16.8 Å². The fraction of sp³-hybridized carbons (Fsp3) is 0.611. The van der Waals surface area contributed by atoms with Crippen molar-refractivity contribution in [3.8, 4) is 11.5 Å². The summed E-state index contributed by atoms with van der Waals surface area (Å²) >= 11 is 0. The van der Waals surface area contributed by atoms with Crippen LogP contribution in [0.25, 0.3) is 0 Å². The van der Waals surface area contributed by atoms with E-state index < -0.39 is 5.97 Å². The standard InChI is InChI=1S/C18H28N2O4/c1-19-7-5-6-13(10-19)11-20(2)12-16-15(18(21)22)8-14(23-3)9-17(16)24-4/h8-9,13H,5-7,10-12H2,1-4H3,(H,21,22). The summed E-state index contributed by atoms with van der Waals surface area (Å²) in [5.41, 5.74) is 0.927. The Bertz CT molecular complexity index is 576. The van der Waals surface area contributed by atoms with Gasteiger partial charge < -0.3 is 24.4 Å².